The number of carbonyl (C=O) groups excluding carboxylic acids is 2. The quantitative estimate of drug-likeness (QED) is 0.511. The lowest BCUT2D eigenvalue weighted by Gasteiger charge is -2.39. The number of halogens is 1. The number of piperazine rings is 1. The maximum atomic E-state index is 13.8. The largest absolute Gasteiger partial charge is 0.485 e. The molecule has 2 aromatic rings. The van der Waals surface area contributed by atoms with Gasteiger partial charge in [0.25, 0.3) is 10.0 Å². The van der Waals surface area contributed by atoms with Gasteiger partial charge in [-0.15, -0.1) is 0 Å². The lowest BCUT2D eigenvalue weighted by molar-refractivity contribution is -0.153. The zero-order valence-corrected chi connectivity index (χ0v) is 23.0. The smallest absolute Gasteiger partial charge is 0.310 e. The first kappa shape index (κ1) is 27.2. The molecule has 0 spiro atoms. The molecule has 37 heavy (non-hydrogen) atoms. The van der Waals surface area contributed by atoms with E-state index in [1.165, 1.54) is 16.4 Å². The number of fused-ring (bicyclic) bond motifs is 1. The fraction of sp³-hybridized carbons (Fsp3) is 0.462. The van der Waals surface area contributed by atoms with E-state index in [9.17, 15) is 18.0 Å². The number of ether oxygens (including phenoxy) is 2. The van der Waals surface area contributed by atoms with Crippen LogP contribution >= 0.6 is 11.6 Å². The van der Waals surface area contributed by atoms with Crippen molar-refractivity contribution in [3.63, 3.8) is 0 Å². The number of rotatable bonds is 6. The topological polar surface area (TPSA) is 96.5 Å². The van der Waals surface area contributed by atoms with Crippen molar-refractivity contribution in [3.05, 3.63) is 53.1 Å². The number of likely N-dealkylation sites (N-methyl/N-ethyl adjacent to an activating group) is 1. The first-order valence-corrected chi connectivity index (χ1v) is 13.9. The number of carbonyl (C=O) groups is 2. The highest BCUT2D eigenvalue weighted by Gasteiger charge is 2.36. The molecule has 0 aliphatic carbocycles. The van der Waals surface area contributed by atoms with E-state index in [1.54, 1.807) is 63.1 Å². The van der Waals surface area contributed by atoms with Crippen LogP contribution in [0.5, 0.6) is 5.75 Å². The Labute approximate surface area is 222 Å². The third-order valence-corrected chi connectivity index (χ3v) is 8.12. The van der Waals surface area contributed by atoms with E-state index < -0.39 is 27.7 Å². The van der Waals surface area contributed by atoms with E-state index in [4.69, 9.17) is 21.1 Å². The van der Waals surface area contributed by atoms with Crippen molar-refractivity contribution in [1.29, 1.82) is 0 Å². The van der Waals surface area contributed by atoms with E-state index in [0.29, 0.717) is 41.7 Å². The molecule has 9 nitrogen and oxygen atoms in total. The number of benzene rings is 2. The van der Waals surface area contributed by atoms with Crippen molar-refractivity contribution >= 4 is 39.2 Å². The van der Waals surface area contributed by atoms with Gasteiger partial charge in [0.15, 0.2) is 0 Å². The molecule has 0 bridgehead atoms. The van der Waals surface area contributed by atoms with Gasteiger partial charge in [-0.05, 0) is 56.7 Å². The van der Waals surface area contributed by atoms with E-state index in [0.717, 1.165) is 0 Å². The van der Waals surface area contributed by atoms with Gasteiger partial charge < -0.3 is 14.4 Å². The monoisotopic (exact) mass is 549 g/mol. The Kier molecular flexibility index (Phi) is 7.73. The first-order valence-electron chi connectivity index (χ1n) is 12.1. The lowest BCUT2D eigenvalue weighted by Crippen LogP contribution is -2.54. The Balaban J connectivity index is 1.65. The summed E-state index contributed by atoms with van der Waals surface area (Å²) < 4.78 is 40.5. The molecule has 200 valence electrons. The maximum Gasteiger partial charge on any atom is 0.310 e. The van der Waals surface area contributed by atoms with Gasteiger partial charge >= 0.3 is 5.97 Å². The summed E-state index contributed by atoms with van der Waals surface area (Å²) in [6.45, 7) is 7.32. The molecule has 0 N–H and O–H groups in total. The average Bonchev–Trinajstić information content (AvgIpc) is 2.80. The number of hydrogen-bond acceptors (Lipinski definition) is 7. The van der Waals surface area contributed by atoms with Gasteiger partial charge in [0.1, 0.15) is 17.5 Å². The van der Waals surface area contributed by atoms with Gasteiger partial charge in [0.05, 0.1) is 30.1 Å². The van der Waals surface area contributed by atoms with Crippen molar-refractivity contribution in [3.8, 4) is 5.75 Å². The number of anilines is 1. The van der Waals surface area contributed by atoms with Gasteiger partial charge in [-0.3, -0.25) is 18.8 Å². The second-order valence-corrected chi connectivity index (χ2v) is 12.6. The van der Waals surface area contributed by atoms with Crippen LogP contribution in [-0.2, 0) is 30.8 Å². The molecule has 1 fully saturated rings. The average molecular weight is 550 g/mol. The summed E-state index contributed by atoms with van der Waals surface area (Å²) in [5.41, 5.74) is 0.312. The highest BCUT2D eigenvalue weighted by molar-refractivity contribution is 7.92. The molecule has 2 aliphatic heterocycles. The summed E-state index contributed by atoms with van der Waals surface area (Å²) in [6, 6.07) is 11.2. The molecule has 0 aromatic heterocycles. The first-order chi connectivity index (χ1) is 17.3. The van der Waals surface area contributed by atoms with Crippen LogP contribution in [-0.4, -0.2) is 81.6 Å². The molecular weight excluding hydrogens is 518 g/mol. The van der Waals surface area contributed by atoms with Gasteiger partial charge in [0.2, 0.25) is 5.91 Å². The summed E-state index contributed by atoms with van der Waals surface area (Å²) in [5, 5.41) is 0.306. The number of esters is 1. The number of amides is 1. The molecule has 2 aliphatic rings. The van der Waals surface area contributed by atoms with Gasteiger partial charge in [-0.2, -0.15) is 0 Å². The van der Waals surface area contributed by atoms with Crippen molar-refractivity contribution in [2.75, 3.05) is 44.1 Å². The van der Waals surface area contributed by atoms with Crippen LogP contribution in [0.15, 0.2) is 47.4 Å². The van der Waals surface area contributed by atoms with Crippen molar-refractivity contribution in [2.45, 2.75) is 43.8 Å². The minimum absolute atomic E-state index is 0.0115. The van der Waals surface area contributed by atoms with Gasteiger partial charge in [-0.25, -0.2) is 8.42 Å². The molecule has 1 saturated heterocycles. The third kappa shape index (κ3) is 6.55. The molecule has 0 unspecified atom stereocenters. The molecule has 4 rings (SSSR count). The normalized spacial score (nSPS) is 18.8. The molecule has 2 heterocycles. The molecule has 0 radical (unpaired) electrons. The fourth-order valence-corrected chi connectivity index (χ4v) is 6.14. The number of hydrogen-bond donors (Lipinski definition) is 0. The predicted octanol–water partition coefficient (Wildman–Crippen LogP) is 2.95. The lowest BCUT2D eigenvalue weighted by atomic mass is 10.1. The summed E-state index contributed by atoms with van der Waals surface area (Å²) in [6.07, 6.45) is -0.517. The Morgan fingerprint density at radius 2 is 1.92 bits per heavy atom. The summed E-state index contributed by atoms with van der Waals surface area (Å²) in [7, 11) is -2.24. The highest BCUT2D eigenvalue weighted by atomic mass is 35.5. The molecule has 0 saturated carbocycles. The minimum Gasteiger partial charge on any atom is -0.485 e. The Bertz CT molecular complexity index is 1290. The van der Waals surface area contributed by atoms with Crippen LogP contribution in [0.3, 0.4) is 0 Å². The Morgan fingerprint density at radius 1 is 1.16 bits per heavy atom. The Morgan fingerprint density at radius 3 is 2.59 bits per heavy atom. The van der Waals surface area contributed by atoms with Crippen LogP contribution < -0.4 is 9.04 Å². The molecular formula is C26H32ClN3O6S. The second kappa shape index (κ2) is 10.5. The highest BCUT2D eigenvalue weighted by Crippen LogP contribution is 2.38. The zero-order valence-electron chi connectivity index (χ0n) is 21.4. The van der Waals surface area contributed by atoms with Crippen LogP contribution in [0.1, 0.15) is 26.3 Å². The SMILES string of the molecule is CN1CCN(C[C@H]2CN(S(=O)(=O)c3cccc(Cl)c3)c3cc(CC(=O)OC(C)(C)C)ccc3O2)CC1=O. The predicted molar refractivity (Wildman–Crippen MR) is 140 cm³/mol. The van der Waals surface area contributed by atoms with E-state index >= 15 is 0 Å². The van der Waals surface area contributed by atoms with Crippen molar-refractivity contribution in [1.82, 2.24) is 9.80 Å². The van der Waals surface area contributed by atoms with E-state index in [1.807, 2.05) is 4.90 Å². The molecule has 2 aromatic carbocycles. The van der Waals surface area contributed by atoms with Crippen molar-refractivity contribution in [2.24, 2.45) is 0 Å². The van der Waals surface area contributed by atoms with Crippen LogP contribution in [0.4, 0.5) is 5.69 Å². The molecule has 11 heteroatoms. The minimum atomic E-state index is -4.01. The van der Waals surface area contributed by atoms with Crippen LogP contribution in [0.2, 0.25) is 5.02 Å². The van der Waals surface area contributed by atoms with Gasteiger partial charge in [-0.1, -0.05) is 23.7 Å². The Hall–Kier alpha value is -2.82. The number of sulfonamides is 1. The van der Waals surface area contributed by atoms with Crippen molar-refractivity contribution < 1.29 is 27.5 Å². The summed E-state index contributed by atoms with van der Waals surface area (Å²) >= 11 is 6.11. The van der Waals surface area contributed by atoms with E-state index in [2.05, 4.69) is 0 Å². The second-order valence-electron chi connectivity index (χ2n) is 10.3. The summed E-state index contributed by atoms with van der Waals surface area (Å²) in [4.78, 5) is 28.3. The van der Waals surface area contributed by atoms with Crippen LogP contribution in [0, 0.1) is 0 Å². The van der Waals surface area contributed by atoms with Gasteiger partial charge in [0, 0.05) is 31.7 Å². The zero-order chi connectivity index (χ0) is 27.0. The summed E-state index contributed by atoms with van der Waals surface area (Å²) in [5.74, 6) is -0.0149. The third-order valence-electron chi connectivity index (χ3n) is 6.11. The van der Waals surface area contributed by atoms with Crippen LogP contribution in [0.25, 0.3) is 0 Å². The van der Waals surface area contributed by atoms with E-state index in [-0.39, 0.29) is 30.3 Å². The molecule has 1 amide bonds. The fourth-order valence-electron chi connectivity index (χ4n) is 4.34. The maximum absolute atomic E-state index is 13.8. The number of nitrogens with zero attached hydrogens (tertiary/aromatic N) is 3. The molecule has 1 atom stereocenters. The standard InChI is InChI=1S/C26H32ClN3O6S/c1-26(2,3)36-25(32)13-18-8-9-23-22(12-18)30(37(33,34)21-7-5-6-19(27)14-21)16-20(35-23)15-29-11-10-28(4)24(31)17-29/h5-9,12,14,20H,10-11,13,15-17H2,1-4H3/t20-/m0/s1.